The van der Waals surface area contributed by atoms with Crippen LogP contribution in [-0.2, 0) is 128 Å². The zero-order valence-electron chi connectivity index (χ0n) is 74.7. The smallest absolute Gasteiger partial charge is 0.470 e. The van der Waals surface area contributed by atoms with E-state index in [0.717, 1.165) is 6.92 Å². The highest BCUT2D eigenvalue weighted by atomic mass is 31.2. The molecule has 12 aliphatic rings. The number of carboxylic acids is 2. The number of ether oxygens (including phenoxy) is 23. The summed E-state index contributed by atoms with van der Waals surface area (Å²) in [6, 6.07) is -3.59. The van der Waals surface area contributed by atoms with Crippen LogP contribution in [-0.4, -0.2) is 599 Å². The summed E-state index contributed by atoms with van der Waals surface area (Å²) in [7, 11) is -5.90. The predicted octanol–water partition coefficient (Wildman–Crippen LogP) is -22.3. The third-order valence-electron chi connectivity index (χ3n) is 26.5. The topological polar surface area (TPSA) is 1010 Å². The monoisotopic (exact) mass is 2080 g/mol. The molecule has 0 amide bonds. The standard InChI is InChI=1S/C76H129N2O61P/c1-15-31(86)42(97)48(103)66(119-15)133-60-44(99)32(87)17(3)122-71(60)135-62-46(101)34(89)18(4)123-72(62)134-61-45(100)33(88)16(2)121-70(61)132-58-35(90)19(5)120-68(51(58)106)131-59-39(94)25(10-81)126-69(52(59)107)130-57-23(7-75(73(109)110,138-54(57)21(84)8-79)118-14-28-56(139-140(113,114)115)41(96)30(78)64(128-28)117-13-27-38(93)40(95)29(77)63(108)124-27)136-76(74(111)112)6-20(83)36(91)53(137-76)22(85)12-116-65-50(105)47(102)55(26(11-82)127-65)129-67-49(104)43(98)37(92)24(9-80)125-67/h15-72,79-108H,6-14,77-78H2,1-5H3,(H,109,110)(H,111,112)(H2,113,114,115)/t15-,16-,17-,18-,19-,20+,21+,22+,23+,24+,25+,26+,27+,28+,29+,30+,31-,32-,33-,34-,35-,36+,37-,38+,39+,40+,41+,42+,43-,44+,45+,46+,47+,48+,49+,50+,51+,52-,53+,54+,55-,56+,57+,58+,59-,60+,61+,62+,63-,64+,65+,66-,67-,68-,69+,70-,71-,72-,75+,76+/m0/s1. The number of nitrogens with two attached hydrogens (primary N) is 2. The normalized spacial score (nSPS) is 52.2. The maximum absolute atomic E-state index is 14.3. The molecule has 60 atom stereocenters. The van der Waals surface area contributed by atoms with Gasteiger partial charge in [-0.25, -0.2) is 14.2 Å². The van der Waals surface area contributed by atoms with E-state index in [-0.39, 0.29) is 0 Å². The number of aliphatic hydroxyl groups excluding tert-OH is 30. The lowest BCUT2D eigenvalue weighted by atomic mass is 9.89. The van der Waals surface area contributed by atoms with E-state index < -0.39 is 446 Å². The highest BCUT2D eigenvalue weighted by Gasteiger charge is 2.66. The van der Waals surface area contributed by atoms with Gasteiger partial charge in [0.25, 0.3) is 11.6 Å². The van der Waals surface area contributed by atoms with E-state index in [2.05, 4.69) is 0 Å². The van der Waals surface area contributed by atoms with E-state index in [1.54, 1.807) is 0 Å². The van der Waals surface area contributed by atoms with Gasteiger partial charge in [-0.3, -0.25) is 4.52 Å². The Hall–Kier alpha value is -3.15. The van der Waals surface area contributed by atoms with Crippen LogP contribution in [0.4, 0.5) is 0 Å². The van der Waals surface area contributed by atoms with Gasteiger partial charge in [0.15, 0.2) is 62.9 Å². The number of phosphoric ester groups is 1. The van der Waals surface area contributed by atoms with Gasteiger partial charge in [0.2, 0.25) is 0 Å². The third-order valence-corrected chi connectivity index (χ3v) is 27.0. The fraction of sp³-hybridized carbons (Fsp3) is 0.974. The summed E-state index contributed by atoms with van der Waals surface area (Å²) in [5.41, 5.74) is 11.9. The molecule has 814 valence electrons. The molecule has 0 bridgehead atoms. The molecule has 12 fully saturated rings. The molecule has 0 aromatic heterocycles. The molecule has 0 saturated carbocycles. The van der Waals surface area contributed by atoms with E-state index in [1.807, 2.05) is 0 Å². The van der Waals surface area contributed by atoms with Gasteiger partial charge in [0.1, 0.15) is 238 Å². The largest absolute Gasteiger partial charge is 0.477 e. The van der Waals surface area contributed by atoms with Crippen molar-refractivity contribution in [2.75, 3.05) is 46.2 Å². The van der Waals surface area contributed by atoms with Gasteiger partial charge in [0.05, 0.1) is 101 Å². The fourth-order valence-corrected chi connectivity index (χ4v) is 18.7. The van der Waals surface area contributed by atoms with Gasteiger partial charge >= 0.3 is 19.8 Å². The summed E-state index contributed by atoms with van der Waals surface area (Å²) in [5, 5.41) is 359. The first-order valence-electron chi connectivity index (χ1n) is 44.5. The van der Waals surface area contributed by atoms with Gasteiger partial charge in [-0.2, -0.15) is 0 Å². The molecule has 12 saturated heterocycles. The number of carboxylic acid groups (broad SMARTS) is 2. The summed E-state index contributed by atoms with van der Waals surface area (Å²) >= 11 is 0. The molecular weight excluding hydrogens is 1950 g/mol. The number of hydrogen-bond acceptors (Lipinski definition) is 59. The molecule has 12 aliphatic heterocycles. The predicted molar refractivity (Wildman–Crippen MR) is 425 cm³/mol. The molecule has 0 radical (unpaired) electrons. The maximum atomic E-state index is 14.3. The van der Waals surface area contributed by atoms with Gasteiger partial charge in [-0.15, -0.1) is 0 Å². The minimum Gasteiger partial charge on any atom is -0.477 e. The van der Waals surface area contributed by atoms with Crippen molar-refractivity contribution in [2.24, 2.45) is 11.5 Å². The lowest BCUT2D eigenvalue weighted by molar-refractivity contribution is -0.412. The van der Waals surface area contributed by atoms with Crippen molar-refractivity contribution >= 4 is 19.8 Å². The van der Waals surface area contributed by atoms with Crippen LogP contribution in [0.3, 0.4) is 0 Å². The number of hydrogen-bond donors (Lipinski definition) is 36. The number of phosphoric acid groups is 1. The highest BCUT2D eigenvalue weighted by Crippen LogP contribution is 2.48. The number of aliphatic hydroxyl groups is 30. The Bertz CT molecular complexity index is 3950. The van der Waals surface area contributed by atoms with Gasteiger partial charge in [-0.05, 0) is 34.6 Å². The Morgan fingerprint density at radius 1 is 0.343 bits per heavy atom. The first kappa shape index (κ1) is 116. The highest BCUT2D eigenvalue weighted by molar-refractivity contribution is 7.46. The van der Waals surface area contributed by atoms with E-state index >= 15 is 0 Å². The van der Waals surface area contributed by atoms with Crippen LogP contribution < -0.4 is 11.5 Å². The van der Waals surface area contributed by atoms with Crippen LogP contribution in [0, 0.1) is 0 Å². The van der Waals surface area contributed by atoms with Gasteiger partial charge in [0, 0.05) is 12.8 Å². The zero-order chi connectivity index (χ0) is 103. The lowest BCUT2D eigenvalue weighted by Crippen LogP contribution is -2.70. The molecule has 63 nitrogen and oxygen atoms in total. The van der Waals surface area contributed by atoms with Crippen LogP contribution in [0.25, 0.3) is 0 Å². The van der Waals surface area contributed by atoms with Crippen molar-refractivity contribution in [1.82, 2.24) is 0 Å². The molecule has 0 aliphatic carbocycles. The Balaban J connectivity index is 0.835. The quantitative estimate of drug-likeness (QED) is 0.0262. The van der Waals surface area contributed by atoms with E-state index in [9.17, 15) is 187 Å². The number of carbonyl (C=O) groups is 2. The summed E-state index contributed by atoms with van der Waals surface area (Å²) in [6.45, 7) is -2.96. The average molecular weight is 2080 g/mol. The molecule has 12 heterocycles. The Morgan fingerprint density at radius 2 is 0.736 bits per heavy atom. The minimum atomic E-state index is -5.90. The second-order valence-electron chi connectivity index (χ2n) is 36.3. The van der Waals surface area contributed by atoms with Gasteiger partial charge < -0.3 is 294 Å². The molecular formula is C76H129N2O61P. The minimum absolute atomic E-state index is 0.956. The van der Waals surface area contributed by atoms with Crippen LogP contribution in [0.5, 0.6) is 0 Å². The maximum Gasteiger partial charge on any atom is 0.470 e. The summed E-state index contributed by atoms with van der Waals surface area (Å²) in [6.07, 6.45) is -123. The van der Waals surface area contributed by atoms with Crippen molar-refractivity contribution in [3.8, 4) is 0 Å². The zero-order valence-corrected chi connectivity index (χ0v) is 75.6. The molecule has 12 rings (SSSR count). The van der Waals surface area contributed by atoms with Crippen molar-refractivity contribution in [3.05, 3.63) is 0 Å². The molecule has 0 spiro atoms. The second kappa shape index (κ2) is 47.6. The van der Waals surface area contributed by atoms with E-state index in [4.69, 9.17) is 125 Å². The van der Waals surface area contributed by atoms with E-state index in [0.29, 0.717) is 0 Å². The molecule has 0 unspecified atom stereocenters. The Labute approximate surface area is 790 Å². The number of rotatable bonds is 35. The molecule has 64 heteroatoms. The van der Waals surface area contributed by atoms with Crippen molar-refractivity contribution in [3.63, 3.8) is 0 Å². The molecule has 140 heavy (non-hydrogen) atoms. The van der Waals surface area contributed by atoms with Crippen LogP contribution >= 0.6 is 7.82 Å². The molecule has 0 aromatic rings. The van der Waals surface area contributed by atoms with Crippen LogP contribution in [0.2, 0.25) is 0 Å². The molecule has 38 N–H and O–H groups in total. The first-order chi connectivity index (χ1) is 65.6. The SMILES string of the molecule is C[C@@H]1O[C@@H](O[C@H]2[C@H](O[C@H]3[C@H](O[C@H]4[C@H](O[C@@H]5[C@@H](O)[C@H](C)O[C@@H](O[C@@H]6[C@H](O)[C@@H](O[C@H]7[C@@H]([C@H](O)CO)O[C@@](OC[C@H]8O[C@@H](OC[C@H]9O[C@H](O)[C@H](N)[C@@H](O)[C@@H]9O)[C@H](N)[C@@H](O)[C@@H]8OP(=O)(O)O)(C(=O)O)C[C@H]7O[C@]7(C(=O)O)C[C@@H](O)[C@@H](O)[C@@H]([C@H](O)CO[C@@H]8O[C@H](CO)[C@H](O[C@@H]9O[C@H](CO)[C@H](O)[C@H](O)[C@H]9O)[C@H](O)[C@H]8O)O7)O[C@H](CO)[C@H]6O)[C@@H]5O)O[C@@H](C)[C@H](O)[C@H]4O)O[C@@H](C)[C@H](O)[C@H]3O)O[C@@H](C)[C@H](O)[C@H]2O)[C@H](O)[C@H](O)[C@H]1O. The van der Waals surface area contributed by atoms with Gasteiger partial charge in [-0.1, -0.05) is 0 Å². The van der Waals surface area contributed by atoms with Crippen molar-refractivity contribution in [1.29, 1.82) is 0 Å². The first-order valence-corrected chi connectivity index (χ1v) is 46.0. The average Bonchev–Trinajstić information content (AvgIpc) is 0.734. The van der Waals surface area contributed by atoms with Crippen LogP contribution in [0.15, 0.2) is 0 Å². The Kier molecular flexibility index (Phi) is 39.3. The summed E-state index contributed by atoms with van der Waals surface area (Å²) in [5.74, 6) is -12.4. The second-order valence-corrected chi connectivity index (χ2v) is 37.4. The van der Waals surface area contributed by atoms with Crippen molar-refractivity contribution < 1.29 is 301 Å². The van der Waals surface area contributed by atoms with Crippen LogP contribution in [0.1, 0.15) is 47.5 Å². The molecule has 0 aromatic carbocycles. The lowest BCUT2D eigenvalue weighted by Gasteiger charge is -2.52. The Morgan fingerprint density at radius 3 is 1.24 bits per heavy atom. The van der Waals surface area contributed by atoms with Crippen molar-refractivity contribution in [2.45, 2.75) is 415 Å². The summed E-state index contributed by atoms with van der Waals surface area (Å²) < 4.78 is 152. The summed E-state index contributed by atoms with van der Waals surface area (Å²) in [4.78, 5) is 48.9. The third kappa shape index (κ3) is 24.4. The van der Waals surface area contributed by atoms with E-state index in [1.165, 1.54) is 27.7 Å². The number of aliphatic carboxylic acids is 2. The fourth-order valence-electron chi connectivity index (χ4n) is 18.1.